The minimum Gasteiger partial charge on any atom is -0.351 e. The van der Waals surface area contributed by atoms with Crippen LogP contribution in [-0.2, 0) is 6.54 Å². The maximum atomic E-state index is 12.4. The van der Waals surface area contributed by atoms with Crippen molar-refractivity contribution in [2.75, 3.05) is 19.6 Å². The lowest BCUT2D eigenvalue weighted by Gasteiger charge is -2.08. The molecule has 5 nitrogen and oxygen atoms in total. The van der Waals surface area contributed by atoms with Crippen molar-refractivity contribution in [3.63, 3.8) is 0 Å². The van der Waals surface area contributed by atoms with Crippen LogP contribution in [0.3, 0.4) is 0 Å². The fourth-order valence-electron chi connectivity index (χ4n) is 2.60. The number of aryl methyl sites for hydroxylation is 1. The summed E-state index contributed by atoms with van der Waals surface area (Å²) in [5.41, 5.74) is 3.39. The van der Waals surface area contributed by atoms with Crippen LogP contribution in [0.15, 0.2) is 24.3 Å². The topological polar surface area (TPSA) is 58.9 Å². The van der Waals surface area contributed by atoms with Crippen LogP contribution < -0.4 is 10.6 Å². The van der Waals surface area contributed by atoms with E-state index in [1.807, 2.05) is 42.8 Å². The standard InChI is InChI=1S/C18H25ClN4O.ClH/c1-4-9-20-10-11-21-18(24)17-13(2)22-23(14(17)3)12-15-5-7-16(19)8-6-15;/h5-8,20H,4,9-12H2,1-3H3,(H,21,24);1H. The van der Waals surface area contributed by atoms with Crippen molar-refractivity contribution in [1.82, 2.24) is 20.4 Å². The van der Waals surface area contributed by atoms with Crippen LogP contribution in [0, 0.1) is 13.8 Å². The van der Waals surface area contributed by atoms with Crippen LogP contribution >= 0.6 is 24.0 Å². The molecule has 138 valence electrons. The van der Waals surface area contributed by atoms with Crippen molar-refractivity contribution >= 4 is 29.9 Å². The monoisotopic (exact) mass is 384 g/mol. The molecule has 25 heavy (non-hydrogen) atoms. The van der Waals surface area contributed by atoms with Gasteiger partial charge in [-0.05, 0) is 44.5 Å². The predicted molar refractivity (Wildman–Crippen MR) is 105 cm³/mol. The molecular formula is C18H26Cl2N4O. The molecular weight excluding hydrogens is 359 g/mol. The normalized spacial score (nSPS) is 10.4. The molecule has 0 spiro atoms. The Morgan fingerprint density at radius 3 is 2.48 bits per heavy atom. The van der Waals surface area contributed by atoms with Gasteiger partial charge >= 0.3 is 0 Å². The van der Waals surface area contributed by atoms with Gasteiger partial charge in [0.1, 0.15) is 0 Å². The summed E-state index contributed by atoms with van der Waals surface area (Å²) in [5.74, 6) is -0.0642. The van der Waals surface area contributed by atoms with E-state index < -0.39 is 0 Å². The van der Waals surface area contributed by atoms with Gasteiger partial charge in [0, 0.05) is 23.8 Å². The largest absolute Gasteiger partial charge is 0.351 e. The number of nitrogens with zero attached hydrogens (tertiary/aromatic N) is 2. The van der Waals surface area contributed by atoms with Gasteiger partial charge in [0.2, 0.25) is 0 Å². The maximum absolute atomic E-state index is 12.4. The number of nitrogens with one attached hydrogen (secondary N) is 2. The second-order valence-corrected chi connectivity index (χ2v) is 6.27. The Morgan fingerprint density at radius 1 is 1.16 bits per heavy atom. The highest BCUT2D eigenvalue weighted by molar-refractivity contribution is 6.30. The summed E-state index contributed by atoms with van der Waals surface area (Å²) >= 11 is 5.92. The number of carbonyl (C=O) groups is 1. The van der Waals surface area contributed by atoms with Crippen LogP contribution in [0.2, 0.25) is 5.02 Å². The van der Waals surface area contributed by atoms with E-state index in [1.165, 1.54) is 0 Å². The SMILES string of the molecule is CCCNCCNC(=O)c1c(C)nn(Cc2ccc(Cl)cc2)c1C.Cl. The summed E-state index contributed by atoms with van der Waals surface area (Å²) in [6.45, 7) is 8.89. The van der Waals surface area contributed by atoms with Gasteiger partial charge in [0.25, 0.3) is 5.91 Å². The summed E-state index contributed by atoms with van der Waals surface area (Å²) in [7, 11) is 0. The molecule has 1 amide bonds. The van der Waals surface area contributed by atoms with E-state index in [1.54, 1.807) is 0 Å². The number of hydrogen-bond acceptors (Lipinski definition) is 3. The second kappa shape index (κ2) is 10.4. The quantitative estimate of drug-likeness (QED) is 0.686. The van der Waals surface area contributed by atoms with Crippen LogP contribution in [0.1, 0.15) is 40.7 Å². The summed E-state index contributed by atoms with van der Waals surface area (Å²) in [4.78, 5) is 12.4. The molecule has 0 radical (unpaired) electrons. The van der Waals surface area contributed by atoms with Gasteiger partial charge in [0.05, 0.1) is 17.8 Å². The molecule has 1 heterocycles. The minimum absolute atomic E-state index is 0. The third-order valence-electron chi connectivity index (χ3n) is 3.87. The van der Waals surface area contributed by atoms with Gasteiger partial charge in [0.15, 0.2) is 0 Å². The number of carbonyl (C=O) groups excluding carboxylic acids is 1. The smallest absolute Gasteiger partial charge is 0.255 e. The highest BCUT2D eigenvalue weighted by Crippen LogP contribution is 2.16. The van der Waals surface area contributed by atoms with Gasteiger partial charge in [-0.3, -0.25) is 9.48 Å². The molecule has 7 heteroatoms. The predicted octanol–water partition coefficient (Wildman–Crippen LogP) is 3.35. The summed E-state index contributed by atoms with van der Waals surface area (Å²) < 4.78 is 1.86. The number of rotatable bonds is 8. The molecule has 0 atom stereocenters. The first-order chi connectivity index (χ1) is 11.5. The van der Waals surface area contributed by atoms with Crippen LogP contribution in [0.4, 0.5) is 0 Å². The first-order valence-corrected chi connectivity index (χ1v) is 8.68. The third kappa shape index (κ3) is 6.03. The Hall–Kier alpha value is -1.56. The van der Waals surface area contributed by atoms with Crippen molar-refractivity contribution in [1.29, 1.82) is 0 Å². The van der Waals surface area contributed by atoms with E-state index in [0.717, 1.165) is 36.5 Å². The maximum Gasteiger partial charge on any atom is 0.255 e. The number of benzene rings is 1. The average Bonchev–Trinajstić information content (AvgIpc) is 2.83. The highest BCUT2D eigenvalue weighted by atomic mass is 35.5. The average molecular weight is 385 g/mol. The zero-order valence-electron chi connectivity index (χ0n) is 14.9. The Kier molecular flexibility index (Phi) is 8.97. The minimum atomic E-state index is -0.0642. The molecule has 2 aromatic rings. The first kappa shape index (κ1) is 21.5. The number of aromatic nitrogens is 2. The number of amides is 1. The van der Waals surface area contributed by atoms with Crippen LogP contribution in [-0.4, -0.2) is 35.3 Å². The van der Waals surface area contributed by atoms with Crippen molar-refractivity contribution in [3.05, 3.63) is 51.8 Å². The van der Waals surface area contributed by atoms with E-state index in [0.29, 0.717) is 23.7 Å². The van der Waals surface area contributed by atoms with E-state index in [-0.39, 0.29) is 18.3 Å². The van der Waals surface area contributed by atoms with Gasteiger partial charge in [-0.25, -0.2) is 0 Å². The first-order valence-electron chi connectivity index (χ1n) is 8.30. The van der Waals surface area contributed by atoms with Gasteiger partial charge in [-0.2, -0.15) is 5.10 Å². The molecule has 0 fully saturated rings. The Morgan fingerprint density at radius 2 is 1.84 bits per heavy atom. The molecule has 2 N–H and O–H groups in total. The molecule has 0 bridgehead atoms. The molecule has 0 aliphatic heterocycles. The van der Waals surface area contributed by atoms with Gasteiger partial charge in [-0.1, -0.05) is 30.7 Å². The molecule has 0 unspecified atom stereocenters. The molecule has 0 saturated carbocycles. The van der Waals surface area contributed by atoms with Crippen molar-refractivity contribution < 1.29 is 4.79 Å². The number of halogens is 2. The molecule has 1 aromatic heterocycles. The van der Waals surface area contributed by atoms with E-state index in [9.17, 15) is 4.79 Å². The summed E-state index contributed by atoms with van der Waals surface area (Å²) in [6, 6.07) is 7.66. The van der Waals surface area contributed by atoms with Crippen LogP contribution in [0.5, 0.6) is 0 Å². The summed E-state index contributed by atoms with van der Waals surface area (Å²) in [6.07, 6.45) is 1.09. The Labute approximate surface area is 160 Å². The molecule has 2 rings (SSSR count). The lowest BCUT2D eigenvalue weighted by Crippen LogP contribution is -2.32. The number of hydrogen-bond donors (Lipinski definition) is 2. The van der Waals surface area contributed by atoms with E-state index >= 15 is 0 Å². The Balaban J connectivity index is 0.00000312. The zero-order chi connectivity index (χ0) is 17.5. The third-order valence-corrected chi connectivity index (χ3v) is 4.12. The van der Waals surface area contributed by atoms with Crippen LogP contribution in [0.25, 0.3) is 0 Å². The van der Waals surface area contributed by atoms with Crippen molar-refractivity contribution in [3.8, 4) is 0 Å². The fraction of sp³-hybridized carbons (Fsp3) is 0.444. The lowest BCUT2D eigenvalue weighted by molar-refractivity contribution is 0.0952. The Bertz CT molecular complexity index is 683. The molecule has 0 aliphatic rings. The molecule has 0 aliphatic carbocycles. The van der Waals surface area contributed by atoms with E-state index in [2.05, 4.69) is 22.7 Å². The van der Waals surface area contributed by atoms with Gasteiger partial charge in [-0.15, -0.1) is 12.4 Å². The second-order valence-electron chi connectivity index (χ2n) is 5.84. The zero-order valence-corrected chi connectivity index (χ0v) is 16.5. The lowest BCUT2D eigenvalue weighted by atomic mass is 10.1. The van der Waals surface area contributed by atoms with Gasteiger partial charge < -0.3 is 10.6 Å². The molecule has 1 aromatic carbocycles. The van der Waals surface area contributed by atoms with Crippen molar-refractivity contribution in [2.24, 2.45) is 0 Å². The fourth-order valence-corrected chi connectivity index (χ4v) is 2.72. The highest BCUT2D eigenvalue weighted by Gasteiger charge is 2.18. The van der Waals surface area contributed by atoms with Crippen molar-refractivity contribution in [2.45, 2.75) is 33.7 Å². The molecule has 0 saturated heterocycles. The van der Waals surface area contributed by atoms with E-state index in [4.69, 9.17) is 11.6 Å². The summed E-state index contributed by atoms with van der Waals surface area (Å²) in [5, 5.41) is 11.4.